The van der Waals surface area contributed by atoms with E-state index in [1.54, 1.807) is 6.26 Å². The minimum Gasteiger partial charge on any atom is -0.464 e. The molecule has 0 bridgehead atoms. The van der Waals surface area contributed by atoms with Crippen LogP contribution in [0.25, 0.3) is 22.1 Å². The Morgan fingerprint density at radius 1 is 0.921 bits per heavy atom. The zero-order valence-electron chi connectivity index (χ0n) is 21.5. The number of nitrogens with zero attached hydrogens (tertiary/aromatic N) is 4. The van der Waals surface area contributed by atoms with Gasteiger partial charge in [-0.3, -0.25) is 14.7 Å². The van der Waals surface area contributed by atoms with E-state index in [1.165, 1.54) is 0 Å². The van der Waals surface area contributed by atoms with E-state index in [9.17, 15) is 9.59 Å². The lowest BCUT2D eigenvalue weighted by molar-refractivity contribution is -0.135. The van der Waals surface area contributed by atoms with Gasteiger partial charge in [-0.2, -0.15) is 0 Å². The Kier molecular flexibility index (Phi) is 5.73. The number of aliphatic imine (C=N–C) groups is 1. The summed E-state index contributed by atoms with van der Waals surface area (Å²) in [5.41, 5.74) is 3.31. The molecule has 3 amide bonds. The number of ether oxygens (including phenoxy) is 1. The summed E-state index contributed by atoms with van der Waals surface area (Å²) in [5, 5.41) is 1.07. The van der Waals surface area contributed by atoms with Gasteiger partial charge in [0, 0.05) is 75.6 Å². The van der Waals surface area contributed by atoms with Crippen LogP contribution in [0.15, 0.2) is 64.2 Å². The average molecular weight is 513 g/mol. The zero-order valence-corrected chi connectivity index (χ0v) is 21.5. The first kappa shape index (κ1) is 23.5. The zero-order chi connectivity index (χ0) is 25.7. The number of carbonyl (C=O) groups excluding carboxylic acids is 2. The van der Waals surface area contributed by atoms with E-state index in [4.69, 9.17) is 14.1 Å². The SMILES string of the molecule is O=C(N1CCCC1)N1CC(CN2C(=O)C3(CCOCC3)N=C2c2ccc(-c3ccc4occc4c3)cc2)C1. The van der Waals surface area contributed by atoms with Gasteiger partial charge in [0.15, 0.2) is 0 Å². The standard InChI is InChI=1S/C30H32N4O4/c35-28-30(10-15-37-16-11-30)31-27(34(28)20-21-18-33(19-21)29(36)32-12-1-2-13-32)23-5-3-22(4-6-23)24-7-8-26-25(17-24)9-14-38-26/h3-9,14,17,21H,1-2,10-13,15-16,18-20H2. The fraction of sp³-hybridized carbons (Fsp3) is 0.433. The first-order valence-corrected chi connectivity index (χ1v) is 13.7. The molecule has 3 fully saturated rings. The van der Waals surface area contributed by atoms with Crippen molar-refractivity contribution in [1.82, 2.24) is 14.7 Å². The molecule has 1 aromatic heterocycles. The monoisotopic (exact) mass is 512 g/mol. The number of amides is 3. The molecule has 196 valence electrons. The molecule has 0 unspecified atom stereocenters. The van der Waals surface area contributed by atoms with E-state index in [1.807, 2.05) is 26.8 Å². The van der Waals surface area contributed by atoms with Gasteiger partial charge in [-0.05, 0) is 42.2 Å². The predicted octanol–water partition coefficient (Wildman–Crippen LogP) is 4.39. The van der Waals surface area contributed by atoms with Crippen LogP contribution in [0.4, 0.5) is 4.79 Å². The Morgan fingerprint density at radius 2 is 1.63 bits per heavy atom. The highest BCUT2D eigenvalue weighted by Gasteiger charge is 2.50. The number of benzene rings is 2. The second-order valence-electron chi connectivity index (χ2n) is 11.0. The largest absolute Gasteiger partial charge is 0.464 e. The normalized spacial score (nSPS) is 21.4. The lowest BCUT2D eigenvalue weighted by Gasteiger charge is -2.43. The summed E-state index contributed by atoms with van der Waals surface area (Å²) in [6.07, 6.45) is 5.11. The highest BCUT2D eigenvalue weighted by Crippen LogP contribution is 2.36. The van der Waals surface area contributed by atoms with Crippen molar-refractivity contribution < 1.29 is 18.7 Å². The van der Waals surface area contributed by atoms with Crippen molar-refractivity contribution in [3.8, 4) is 11.1 Å². The molecule has 4 aliphatic heterocycles. The number of hydrogen-bond donors (Lipinski definition) is 0. The average Bonchev–Trinajstić information content (AvgIpc) is 3.68. The van der Waals surface area contributed by atoms with Crippen LogP contribution in [-0.4, -0.2) is 84.0 Å². The third kappa shape index (κ3) is 3.98. The molecule has 7 rings (SSSR count). The molecule has 1 spiro atoms. The number of urea groups is 1. The fourth-order valence-corrected chi connectivity index (χ4v) is 6.25. The van der Waals surface area contributed by atoms with Crippen LogP contribution in [-0.2, 0) is 9.53 Å². The number of amidine groups is 1. The van der Waals surface area contributed by atoms with E-state index in [-0.39, 0.29) is 17.9 Å². The maximum Gasteiger partial charge on any atom is 0.320 e. The van der Waals surface area contributed by atoms with E-state index < -0.39 is 5.54 Å². The number of likely N-dealkylation sites (tertiary alicyclic amines) is 2. The number of rotatable bonds is 4. The van der Waals surface area contributed by atoms with Crippen molar-refractivity contribution in [3.63, 3.8) is 0 Å². The van der Waals surface area contributed by atoms with Gasteiger partial charge in [-0.15, -0.1) is 0 Å². The quantitative estimate of drug-likeness (QED) is 0.520. The highest BCUT2D eigenvalue weighted by atomic mass is 16.5. The van der Waals surface area contributed by atoms with Gasteiger partial charge < -0.3 is 19.0 Å². The Balaban J connectivity index is 1.12. The number of furan rings is 1. The molecule has 38 heavy (non-hydrogen) atoms. The lowest BCUT2D eigenvalue weighted by Crippen LogP contribution is -2.58. The van der Waals surface area contributed by atoms with E-state index >= 15 is 0 Å². The van der Waals surface area contributed by atoms with Crippen LogP contribution in [0.3, 0.4) is 0 Å². The van der Waals surface area contributed by atoms with Gasteiger partial charge in [-0.25, -0.2) is 4.79 Å². The predicted molar refractivity (Wildman–Crippen MR) is 144 cm³/mol. The molecule has 0 N–H and O–H groups in total. The molecule has 0 radical (unpaired) electrons. The second kappa shape index (κ2) is 9.27. The van der Waals surface area contributed by atoms with Crippen molar-refractivity contribution in [1.29, 1.82) is 0 Å². The summed E-state index contributed by atoms with van der Waals surface area (Å²) in [6.45, 7) is 4.79. The van der Waals surface area contributed by atoms with E-state index in [0.29, 0.717) is 45.7 Å². The summed E-state index contributed by atoms with van der Waals surface area (Å²) in [6, 6.07) is 16.6. The molecule has 0 atom stereocenters. The Morgan fingerprint density at radius 3 is 2.39 bits per heavy atom. The Bertz CT molecular complexity index is 1390. The summed E-state index contributed by atoms with van der Waals surface area (Å²) >= 11 is 0. The molecule has 0 saturated carbocycles. The van der Waals surface area contributed by atoms with E-state index in [0.717, 1.165) is 59.4 Å². The third-order valence-corrected chi connectivity index (χ3v) is 8.51. The lowest BCUT2D eigenvalue weighted by atomic mass is 9.90. The van der Waals surface area contributed by atoms with Crippen LogP contribution in [0, 0.1) is 5.92 Å². The number of fused-ring (bicyclic) bond motifs is 1. The van der Waals surface area contributed by atoms with Gasteiger partial charge in [0.1, 0.15) is 17.0 Å². The first-order chi connectivity index (χ1) is 18.6. The molecular weight excluding hydrogens is 480 g/mol. The van der Waals surface area contributed by atoms with Gasteiger partial charge in [0.25, 0.3) is 5.91 Å². The molecule has 0 aliphatic carbocycles. The maximum atomic E-state index is 13.8. The second-order valence-corrected chi connectivity index (χ2v) is 11.0. The van der Waals surface area contributed by atoms with Crippen molar-refractivity contribution in [3.05, 3.63) is 60.4 Å². The number of hydrogen-bond acceptors (Lipinski definition) is 5. The van der Waals surface area contributed by atoms with Gasteiger partial charge in [0.05, 0.1) is 6.26 Å². The summed E-state index contributed by atoms with van der Waals surface area (Å²) < 4.78 is 11.1. The topological polar surface area (TPSA) is 78.6 Å². The smallest absolute Gasteiger partial charge is 0.320 e. The summed E-state index contributed by atoms with van der Waals surface area (Å²) in [7, 11) is 0. The van der Waals surface area contributed by atoms with Crippen molar-refractivity contribution >= 4 is 28.7 Å². The molecule has 3 aromatic rings. The maximum absolute atomic E-state index is 13.8. The van der Waals surface area contributed by atoms with Crippen molar-refractivity contribution in [2.45, 2.75) is 31.2 Å². The Hall–Kier alpha value is -3.65. The summed E-state index contributed by atoms with van der Waals surface area (Å²) in [5.74, 6) is 1.08. The Labute approximate surface area is 221 Å². The van der Waals surface area contributed by atoms with Gasteiger partial charge in [0.2, 0.25) is 0 Å². The van der Waals surface area contributed by atoms with Crippen LogP contribution < -0.4 is 0 Å². The summed E-state index contributed by atoms with van der Waals surface area (Å²) in [4.78, 5) is 37.4. The molecule has 4 aliphatic rings. The van der Waals surface area contributed by atoms with Gasteiger partial charge in [-0.1, -0.05) is 30.3 Å². The number of carbonyl (C=O) groups is 2. The van der Waals surface area contributed by atoms with Crippen LogP contribution >= 0.6 is 0 Å². The van der Waals surface area contributed by atoms with Crippen molar-refractivity contribution in [2.24, 2.45) is 10.9 Å². The van der Waals surface area contributed by atoms with E-state index in [2.05, 4.69) is 36.4 Å². The molecule has 3 saturated heterocycles. The van der Waals surface area contributed by atoms with Crippen LogP contribution in [0.2, 0.25) is 0 Å². The molecule has 8 heteroatoms. The molecule has 2 aromatic carbocycles. The van der Waals surface area contributed by atoms with Crippen LogP contribution in [0.5, 0.6) is 0 Å². The van der Waals surface area contributed by atoms with Gasteiger partial charge >= 0.3 is 6.03 Å². The third-order valence-electron chi connectivity index (χ3n) is 8.51. The highest BCUT2D eigenvalue weighted by molar-refractivity contribution is 6.15. The molecular formula is C30H32N4O4. The van der Waals surface area contributed by atoms with Crippen LogP contribution in [0.1, 0.15) is 31.2 Å². The van der Waals surface area contributed by atoms with Crippen molar-refractivity contribution in [2.75, 3.05) is 45.9 Å². The minimum absolute atomic E-state index is 0.0783. The molecule has 8 nitrogen and oxygen atoms in total. The fourth-order valence-electron chi connectivity index (χ4n) is 6.25. The molecule has 5 heterocycles. The minimum atomic E-state index is -0.729. The first-order valence-electron chi connectivity index (χ1n) is 13.7.